The fraction of sp³-hybridized carbons (Fsp3) is 0.529. The van der Waals surface area contributed by atoms with E-state index in [-0.39, 0.29) is 24.7 Å². The summed E-state index contributed by atoms with van der Waals surface area (Å²) in [6.07, 6.45) is 6.68. The molecule has 0 saturated heterocycles. The first-order valence-corrected chi connectivity index (χ1v) is 12.0. The predicted octanol–water partition coefficient (Wildman–Crippen LogP) is 4.26. The lowest BCUT2D eigenvalue weighted by Gasteiger charge is -2.24. The van der Waals surface area contributed by atoms with E-state index in [1.165, 1.54) is 0 Å². The van der Waals surface area contributed by atoms with Crippen LogP contribution in [0, 0.1) is 0 Å². The molecule has 0 atom stereocenters. The number of hydrogen-bond donors (Lipinski definition) is 1. The lowest BCUT2D eigenvalue weighted by molar-refractivity contribution is 0.152. The van der Waals surface area contributed by atoms with Crippen LogP contribution in [0.1, 0.15) is 19.4 Å². The van der Waals surface area contributed by atoms with Crippen LogP contribution >= 0.6 is 37.6 Å². The lowest BCUT2D eigenvalue weighted by Crippen LogP contribution is -2.20. The van der Waals surface area contributed by atoms with Gasteiger partial charge in [-0.2, -0.15) is 4.99 Å². The number of halogens is 2. The Bertz CT molecular complexity index is 631. The molecule has 0 spiro atoms. The Balaban J connectivity index is 2.81. The van der Waals surface area contributed by atoms with Gasteiger partial charge in [0.05, 0.1) is 17.7 Å². The minimum Gasteiger partial charge on any atom is -0.461 e. The van der Waals surface area contributed by atoms with Crippen LogP contribution in [0.4, 0.5) is 0 Å². The summed E-state index contributed by atoms with van der Waals surface area (Å²) in [5.41, 5.74) is 6.69. The van der Waals surface area contributed by atoms with Crippen LogP contribution in [0.5, 0.6) is 0 Å². The van der Waals surface area contributed by atoms with Gasteiger partial charge in [-0.3, -0.25) is 0 Å². The summed E-state index contributed by atoms with van der Waals surface area (Å²) in [5.74, 6) is 1.28. The van der Waals surface area contributed by atoms with Crippen molar-refractivity contribution in [1.82, 2.24) is 0 Å². The maximum Gasteiger partial charge on any atom is 0.316 e. The SMILES string of the molecule is CC(C)OC(=NCOCCS(C)(C)C)N=C(N)c1ccc(Br)cc1Cl. The van der Waals surface area contributed by atoms with E-state index >= 15 is 0 Å². The van der Waals surface area contributed by atoms with Gasteiger partial charge in [0.25, 0.3) is 0 Å². The van der Waals surface area contributed by atoms with Crippen LogP contribution in [-0.4, -0.2) is 55.8 Å². The van der Waals surface area contributed by atoms with Crippen molar-refractivity contribution < 1.29 is 9.47 Å². The third kappa shape index (κ3) is 9.49. The number of ether oxygens (including phenoxy) is 2. The number of amidine groups is 2. The quantitative estimate of drug-likeness (QED) is 0.382. The zero-order valence-electron chi connectivity index (χ0n) is 15.4. The van der Waals surface area contributed by atoms with Gasteiger partial charge >= 0.3 is 6.02 Å². The molecule has 0 aromatic heterocycles. The summed E-state index contributed by atoms with van der Waals surface area (Å²) >= 11 is 9.57. The maximum absolute atomic E-state index is 6.21. The van der Waals surface area contributed by atoms with E-state index in [0.29, 0.717) is 17.2 Å². The Labute approximate surface area is 165 Å². The monoisotopic (exact) mass is 451 g/mol. The van der Waals surface area contributed by atoms with Crippen LogP contribution < -0.4 is 5.73 Å². The Morgan fingerprint density at radius 1 is 1.32 bits per heavy atom. The zero-order valence-corrected chi connectivity index (χ0v) is 18.5. The molecule has 2 N–H and O–H groups in total. The normalized spacial score (nSPS) is 14.1. The molecule has 0 aliphatic heterocycles. The summed E-state index contributed by atoms with van der Waals surface area (Å²) < 4.78 is 12.0. The highest BCUT2D eigenvalue weighted by atomic mass is 79.9. The number of hydrogen-bond acceptors (Lipinski definition) is 3. The van der Waals surface area contributed by atoms with E-state index in [0.717, 1.165) is 10.2 Å². The molecule has 1 aromatic carbocycles. The van der Waals surface area contributed by atoms with Crippen molar-refractivity contribution in [2.45, 2.75) is 20.0 Å². The van der Waals surface area contributed by atoms with Gasteiger partial charge in [0.1, 0.15) is 12.6 Å². The number of benzene rings is 1. The summed E-state index contributed by atoms with van der Waals surface area (Å²) in [6.45, 7) is 4.65. The number of nitrogens with zero attached hydrogens (tertiary/aromatic N) is 2. The van der Waals surface area contributed by atoms with E-state index in [4.69, 9.17) is 26.8 Å². The van der Waals surface area contributed by atoms with Gasteiger partial charge < -0.3 is 15.2 Å². The number of rotatable bonds is 7. The van der Waals surface area contributed by atoms with Crippen molar-refractivity contribution >= 4 is 49.4 Å². The summed E-state index contributed by atoms with van der Waals surface area (Å²) in [7, 11) is -0.578. The topological polar surface area (TPSA) is 69.2 Å². The van der Waals surface area contributed by atoms with Gasteiger partial charge in [0.15, 0.2) is 0 Å². The highest BCUT2D eigenvalue weighted by Crippen LogP contribution is 2.33. The first-order valence-electron chi connectivity index (χ1n) is 7.83. The number of aliphatic imine (C=N–C) groups is 2. The molecule has 5 nitrogen and oxygen atoms in total. The molecule has 142 valence electrons. The van der Waals surface area contributed by atoms with E-state index in [1.54, 1.807) is 12.1 Å². The molecule has 0 radical (unpaired) electrons. The second kappa shape index (κ2) is 10.4. The minimum absolute atomic E-state index is 0.0743. The standard InChI is InChI=1S/C17H27BrClN3O2S/c1-12(2)24-17(21-11-23-8-9-25(3,4)5)22-16(20)14-7-6-13(18)10-15(14)19/h6-7,10,12H,8-9,11H2,1-5H3,(H2,20,21,22). The fourth-order valence-electron chi connectivity index (χ4n) is 1.64. The van der Waals surface area contributed by atoms with Gasteiger partial charge in [-0.1, -0.05) is 27.5 Å². The van der Waals surface area contributed by atoms with Gasteiger partial charge in [0.2, 0.25) is 0 Å². The van der Waals surface area contributed by atoms with E-state index in [2.05, 4.69) is 44.7 Å². The molecule has 8 heteroatoms. The molecule has 1 aromatic rings. The fourth-order valence-corrected chi connectivity index (χ4v) is 3.03. The maximum atomic E-state index is 6.21. The Morgan fingerprint density at radius 2 is 2.00 bits per heavy atom. The first kappa shape index (κ1) is 22.3. The van der Waals surface area contributed by atoms with E-state index in [9.17, 15) is 0 Å². The second-order valence-corrected chi connectivity index (χ2v) is 12.5. The molecule has 0 heterocycles. The molecule has 0 aliphatic carbocycles. The third-order valence-electron chi connectivity index (χ3n) is 2.90. The van der Waals surface area contributed by atoms with Crippen molar-refractivity contribution in [3.05, 3.63) is 33.3 Å². The van der Waals surface area contributed by atoms with E-state index in [1.807, 2.05) is 19.9 Å². The van der Waals surface area contributed by atoms with Crippen molar-refractivity contribution in [1.29, 1.82) is 0 Å². The van der Waals surface area contributed by atoms with Crippen LogP contribution in [0.25, 0.3) is 0 Å². The molecule has 0 amide bonds. The lowest BCUT2D eigenvalue weighted by atomic mass is 10.2. The van der Waals surface area contributed by atoms with Gasteiger partial charge in [-0.05, 0) is 50.8 Å². The average Bonchev–Trinajstić information content (AvgIpc) is 2.44. The Morgan fingerprint density at radius 3 is 2.56 bits per heavy atom. The summed E-state index contributed by atoms with van der Waals surface area (Å²) in [6, 6.07) is 5.59. The molecule has 0 saturated carbocycles. The molecular weight excluding hydrogens is 426 g/mol. The van der Waals surface area contributed by atoms with Crippen molar-refractivity contribution in [3.63, 3.8) is 0 Å². The van der Waals surface area contributed by atoms with Crippen LogP contribution in [-0.2, 0) is 9.47 Å². The van der Waals surface area contributed by atoms with Crippen molar-refractivity contribution in [3.8, 4) is 0 Å². The van der Waals surface area contributed by atoms with Gasteiger partial charge in [-0.15, -0.1) is 0 Å². The average molecular weight is 453 g/mol. The third-order valence-corrected chi connectivity index (χ3v) is 5.09. The van der Waals surface area contributed by atoms with Crippen molar-refractivity contribution in [2.75, 3.05) is 37.9 Å². The Hall–Kier alpha value is -0.760. The molecule has 0 bridgehead atoms. The molecular formula is C17H27BrClN3O2S. The summed E-state index contributed by atoms with van der Waals surface area (Å²) in [4.78, 5) is 8.53. The largest absolute Gasteiger partial charge is 0.461 e. The molecule has 1 rings (SSSR count). The highest BCUT2D eigenvalue weighted by Gasteiger charge is 2.09. The molecule has 0 unspecified atom stereocenters. The minimum atomic E-state index is -0.578. The van der Waals surface area contributed by atoms with Crippen LogP contribution in [0.15, 0.2) is 32.7 Å². The molecule has 0 fully saturated rings. The van der Waals surface area contributed by atoms with Crippen molar-refractivity contribution in [2.24, 2.45) is 15.7 Å². The second-order valence-electron chi connectivity index (χ2n) is 6.56. The highest BCUT2D eigenvalue weighted by molar-refractivity contribution is 9.10. The van der Waals surface area contributed by atoms with Crippen LogP contribution in [0.3, 0.4) is 0 Å². The van der Waals surface area contributed by atoms with Gasteiger partial charge in [-0.25, -0.2) is 15.0 Å². The summed E-state index contributed by atoms with van der Waals surface area (Å²) in [5, 5.41) is 0.504. The number of nitrogens with two attached hydrogens (primary N) is 1. The van der Waals surface area contributed by atoms with Crippen LogP contribution in [0.2, 0.25) is 5.02 Å². The molecule has 0 aliphatic rings. The first-order chi connectivity index (χ1) is 11.6. The van der Waals surface area contributed by atoms with Gasteiger partial charge in [0, 0.05) is 15.8 Å². The molecule has 25 heavy (non-hydrogen) atoms. The van der Waals surface area contributed by atoms with E-state index < -0.39 is 10.0 Å². The zero-order chi connectivity index (χ0) is 19.0. The smallest absolute Gasteiger partial charge is 0.316 e. The Kier molecular flexibility index (Phi) is 9.27. The predicted molar refractivity (Wildman–Crippen MR) is 115 cm³/mol.